The summed E-state index contributed by atoms with van der Waals surface area (Å²) < 4.78 is 0. The molecule has 0 aliphatic carbocycles. The zero-order chi connectivity index (χ0) is 14.7. The van der Waals surface area contributed by atoms with Gasteiger partial charge in [-0.15, -0.1) is 0 Å². The smallest absolute Gasteiger partial charge is 0.228 e. The molecule has 0 saturated carbocycles. The van der Waals surface area contributed by atoms with Gasteiger partial charge in [0.05, 0.1) is 0 Å². The van der Waals surface area contributed by atoms with Gasteiger partial charge in [-0.05, 0) is 42.7 Å². The molecule has 1 N–H and O–H groups in total. The standard InChI is InChI=1S/C18H20N2O/c1-14-5-4-7-16(13-14)19-11-9-18(21)20-12-10-15-6-2-3-8-17(15)20/h2-8,13,19H,9-12H2,1H3. The number of fused-ring (bicyclic) bond motifs is 1. The third-order valence-electron chi connectivity index (χ3n) is 3.87. The van der Waals surface area contributed by atoms with Crippen molar-refractivity contribution in [1.29, 1.82) is 0 Å². The molecule has 0 aromatic heterocycles. The lowest BCUT2D eigenvalue weighted by Crippen LogP contribution is -2.30. The molecule has 1 heterocycles. The molecule has 21 heavy (non-hydrogen) atoms. The fourth-order valence-corrected chi connectivity index (χ4v) is 2.80. The number of rotatable bonds is 4. The Balaban J connectivity index is 1.56. The van der Waals surface area contributed by atoms with E-state index in [0.29, 0.717) is 13.0 Å². The second kappa shape index (κ2) is 6.00. The Labute approximate surface area is 125 Å². The molecule has 2 aromatic rings. The highest BCUT2D eigenvalue weighted by Crippen LogP contribution is 2.27. The average Bonchev–Trinajstić information content (AvgIpc) is 2.91. The summed E-state index contributed by atoms with van der Waals surface area (Å²) in [6.45, 7) is 3.54. The Morgan fingerprint density at radius 2 is 2.05 bits per heavy atom. The fourth-order valence-electron chi connectivity index (χ4n) is 2.80. The minimum absolute atomic E-state index is 0.195. The molecule has 0 bridgehead atoms. The molecule has 1 aliphatic rings. The Morgan fingerprint density at radius 1 is 1.19 bits per heavy atom. The maximum absolute atomic E-state index is 12.4. The van der Waals surface area contributed by atoms with E-state index in [4.69, 9.17) is 0 Å². The molecular weight excluding hydrogens is 260 g/mol. The van der Waals surface area contributed by atoms with Crippen molar-refractivity contribution >= 4 is 17.3 Å². The van der Waals surface area contributed by atoms with Crippen molar-refractivity contribution in [2.75, 3.05) is 23.3 Å². The largest absolute Gasteiger partial charge is 0.385 e. The number of benzene rings is 2. The number of hydrogen-bond donors (Lipinski definition) is 1. The summed E-state index contributed by atoms with van der Waals surface area (Å²) in [4.78, 5) is 14.3. The number of anilines is 2. The normalized spacial score (nSPS) is 13.1. The molecule has 3 heteroatoms. The summed E-state index contributed by atoms with van der Waals surface area (Å²) in [7, 11) is 0. The van der Waals surface area contributed by atoms with E-state index in [2.05, 4.69) is 30.4 Å². The second-order valence-corrected chi connectivity index (χ2v) is 5.47. The third-order valence-corrected chi connectivity index (χ3v) is 3.87. The average molecular weight is 280 g/mol. The molecule has 3 nitrogen and oxygen atoms in total. The van der Waals surface area contributed by atoms with E-state index in [1.807, 2.05) is 35.2 Å². The first kappa shape index (κ1) is 13.7. The molecule has 108 valence electrons. The number of carbonyl (C=O) groups is 1. The molecule has 0 unspecified atom stereocenters. The predicted molar refractivity (Wildman–Crippen MR) is 86.8 cm³/mol. The molecule has 0 atom stereocenters. The molecule has 0 radical (unpaired) electrons. The highest BCUT2D eigenvalue weighted by atomic mass is 16.2. The first-order chi connectivity index (χ1) is 10.2. The molecule has 2 aromatic carbocycles. The molecule has 0 fully saturated rings. The Morgan fingerprint density at radius 3 is 2.90 bits per heavy atom. The fraction of sp³-hybridized carbons (Fsp3) is 0.278. The van der Waals surface area contributed by atoms with Gasteiger partial charge in [0, 0.05) is 30.9 Å². The van der Waals surface area contributed by atoms with Gasteiger partial charge in [-0.3, -0.25) is 4.79 Å². The van der Waals surface area contributed by atoms with E-state index in [1.165, 1.54) is 11.1 Å². The van der Waals surface area contributed by atoms with Crippen LogP contribution in [0.5, 0.6) is 0 Å². The molecule has 1 aliphatic heterocycles. The van der Waals surface area contributed by atoms with Crippen LogP contribution in [0.15, 0.2) is 48.5 Å². The van der Waals surface area contributed by atoms with Crippen LogP contribution < -0.4 is 10.2 Å². The van der Waals surface area contributed by atoms with Crippen LogP contribution in [-0.2, 0) is 11.2 Å². The maximum Gasteiger partial charge on any atom is 0.228 e. The van der Waals surface area contributed by atoms with Gasteiger partial charge in [0.25, 0.3) is 0 Å². The SMILES string of the molecule is Cc1cccc(NCCC(=O)N2CCc3ccccc32)c1. The first-order valence-electron chi connectivity index (χ1n) is 7.43. The van der Waals surface area contributed by atoms with Gasteiger partial charge in [0.1, 0.15) is 0 Å². The van der Waals surface area contributed by atoms with Crippen molar-refractivity contribution < 1.29 is 4.79 Å². The van der Waals surface area contributed by atoms with Crippen LogP contribution in [0.4, 0.5) is 11.4 Å². The van der Waals surface area contributed by atoms with Crippen LogP contribution in [0.3, 0.4) is 0 Å². The zero-order valence-electron chi connectivity index (χ0n) is 12.3. The second-order valence-electron chi connectivity index (χ2n) is 5.47. The summed E-state index contributed by atoms with van der Waals surface area (Å²) in [5, 5.41) is 3.32. The number of hydrogen-bond acceptors (Lipinski definition) is 2. The zero-order valence-corrected chi connectivity index (χ0v) is 12.3. The summed E-state index contributed by atoms with van der Waals surface area (Å²) in [6, 6.07) is 16.4. The lowest BCUT2D eigenvalue weighted by Gasteiger charge is -2.17. The highest BCUT2D eigenvalue weighted by Gasteiger charge is 2.23. The Kier molecular flexibility index (Phi) is 3.91. The molecule has 0 spiro atoms. The third kappa shape index (κ3) is 3.07. The van der Waals surface area contributed by atoms with Gasteiger partial charge in [0.2, 0.25) is 5.91 Å². The molecule has 3 rings (SSSR count). The first-order valence-corrected chi connectivity index (χ1v) is 7.43. The molecular formula is C18H20N2O. The summed E-state index contributed by atoms with van der Waals surface area (Å²) >= 11 is 0. The van der Waals surface area contributed by atoms with Gasteiger partial charge < -0.3 is 10.2 Å². The number of nitrogens with one attached hydrogen (secondary N) is 1. The van der Waals surface area contributed by atoms with E-state index in [1.54, 1.807) is 0 Å². The van der Waals surface area contributed by atoms with Gasteiger partial charge in [-0.25, -0.2) is 0 Å². The number of amides is 1. The number of carbonyl (C=O) groups excluding carboxylic acids is 1. The van der Waals surface area contributed by atoms with Gasteiger partial charge in [0.15, 0.2) is 0 Å². The van der Waals surface area contributed by atoms with Crippen LogP contribution in [0.1, 0.15) is 17.5 Å². The van der Waals surface area contributed by atoms with E-state index in [9.17, 15) is 4.79 Å². The van der Waals surface area contributed by atoms with Crippen molar-refractivity contribution in [2.24, 2.45) is 0 Å². The van der Waals surface area contributed by atoms with Gasteiger partial charge >= 0.3 is 0 Å². The van der Waals surface area contributed by atoms with E-state index in [0.717, 1.165) is 24.3 Å². The van der Waals surface area contributed by atoms with Crippen molar-refractivity contribution in [3.63, 3.8) is 0 Å². The van der Waals surface area contributed by atoms with E-state index in [-0.39, 0.29) is 5.91 Å². The Bertz CT molecular complexity index is 651. The minimum Gasteiger partial charge on any atom is -0.385 e. The molecule has 0 saturated heterocycles. The predicted octanol–water partition coefficient (Wildman–Crippen LogP) is 3.39. The van der Waals surface area contributed by atoms with Crippen molar-refractivity contribution in [3.8, 4) is 0 Å². The number of para-hydroxylation sites is 1. The monoisotopic (exact) mass is 280 g/mol. The quantitative estimate of drug-likeness (QED) is 0.931. The van der Waals surface area contributed by atoms with E-state index >= 15 is 0 Å². The summed E-state index contributed by atoms with van der Waals surface area (Å²) in [5.41, 5.74) is 4.65. The minimum atomic E-state index is 0.195. The Hall–Kier alpha value is -2.29. The van der Waals surface area contributed by atoms with Crippen LogP contribution in [-0.4, -0.2) is 19.0 Å². The summed E-state index contributed by atoms with van der Waals surface area (Å²) in [5.74, 6) is 0.195. The van der Waals surface area contributed by atoms with Crippen molar-refractivity contribution in [1.82, 2.24) is 0 Å². The van der Waals surface area contributed by atoms with Crippen LogP contribution in [0.25, 0.3) is 0 Å². The topological polar surface area (TPSA) is 32.3 Å². The van der Waals surface area contributed by atoms with Crippen LogP contribution in [0.2, 0.25) is 0 Å². The highest BCUT2D eigenvalue weighted by molar-refractivity contribution is 5.95. The van der Waals surface area contributed by atoms with Crippen molar-refractivity contribution in [3.05, 3.63) is 59.7 Å². The van der Waals surface area contributed by atoms with Gasteiger partial charge in [-0.2, -0.15) is 0 Å². The lowest BCUT2D eigenvalue weighted by atomic mass is 10.2. The number of aryl methyl sites for hydroxylation is 1. The maximum atomic E-state index is 12.4. The van der Waals surface area contributed by atoms with Gasteiger partial charge in [-0.1, -0.05) is 30.3 Å². The van der Waals surface area contributed by atoms with Crippen LogP contribution >= 0.6 is 0 Å². The number of nitrogens with zero attached hydrogens (tertiary/aromatic N) is 1. The summed E-state index contributed by atoms with van der Waals surface area (Å²) in [6.07, 6.45) is 1.48. The van der Waals surface area contributed by atoms with E-state index < -0.39 is 0 Å². The lowest BCUT2D eigenvalue weighted by molar-refractivity contribution is -0.118. The van der Waals surface area contributed by atoms with Crippen molar-refractivity contribution in [2.45, 2.75) is 19.8 Å². The van der Waals surface area contributed by atoms with Crippen LogP contribution in [0, 0.1) is 6.92 Å². The molecule has 1 amide bonds.